The van der Waals surface area contributed by atoms with E-state index in [0.29, 0.717) is 28.7 Å². The summed E-state index contributed by atoms with van der Waals surface area (Å²) < 4.78 is 38.0. The van der Waals surface area contributed by atoms with E-state index in [-0.39, 0.29) is 4.90 Å². The maximum atomic E-state index is 12.5. The molecule has 7 nitrogen and oxygen atoms in total. The lowest BCUT2D eigenvalue weighted by atomic mass is 10.2. The Morgan fingerprint density at radius 1 is 0.862 bits per heavy atom. The molecule has 0 bridgehead atoms. The van der Waals surface area contributed by atoms with Crippen LogP contribution in [0.25, 0.3) is 22.8 Å². The summed E-state index contributed by atoms with van der Waals surface area (Å²) in [5.41, 5.74) is 1.96. The lowest BCUT2D eigenvalue weighted by Crippen LogP contribution is -2.12. The van der Waals surface area contributed by atoms with E-state index in [1.165, 1.54) is 19.2 Å². The summed E-state index contributed by atoms with van der Waals surface area (Å²) in [4.78, 5) is 4.54. The highest BCUT2D eigenvalue weighted by Crippen LogP contribution is 2.25. The van der Waals surface area contributed by atoms with Gasteiger partial charge >= 0.3 is 0 Å². The Kier molecular flexibility index (Phi) is 5.01. The highest BCUT2D eigenvalue weighted by atomic mass is 32.2. The number of nitrogens with zero attached hydrogens (tertiary/aromatic N) is 2. The first kappa shape index (κ1) is 18.7. The number of rotatable bonds is 6. The molecule has 0 saturated heterocycles. The highest BCUT2D eigenvalue weighted by molar-refractivity contribution is 7.92. The molecule has 0 amide bonds. The minimum absolute atomic E-state index is 0.145. The monoisotopic (exact) mass is 407 g/mol. The maximum Gasteiger partial charge on any atom is 0.261 e. The van der Waals surface area contributed by atoms with Crippen LogP contribution in [0, 0.1) is 0 Å². The molecule has 29 heavy (non-hydrogen) atoms. The second-order valence-electron chi connectivity index (χ2n) is 6.15. The Morgan fingerprint density at radius 2 is 1.55 bits per heavy atom. The van der Waals surface area contributed by atoms with Gasteiger partial charge in [0.05, 0.1) is 12.0 Å². The summed E-state index contributed by atoms with van der Waals surface area (Å²) in [6.07, 6.45) is 0. The van der Waals surface area contributed by atoms with Gasteiger partial charge < -0.3 is 9.26 Å². The molecular weight excluding hydrogens is 390 g/mol. The van der Waals surface area contributed by atoms with Crippen LogP contribution in [0.3, 0.4) is 0 Å². The minimum Gasteiger partial charge on any atom is -0.497 e. The van der Waals surface area contributed by atoms with Crippen LogP contribution in [0.4, 0.5) is 5.69 Å². The number of ether oxygens (including phenoxy) is 1. The van der Waals surface area contributed by atoms with Crippen LogP contribution in [0.1, 0.15) is 0 Å². The van der Waals surface area contributed by atoms with E-state index in [1.54, 1.807) is 36.4 Å². The number of sulfonamides is 1. The van der Waals surface area contributed by atoms with E-state index in [4.69, 9.17) is 9.26 Å². The van der Waals surface area contributed by atoms with Gasteiger partial charge in [-0.25, -0.2) is 8.42 Å². The molecular formula is C21H17N3O4S. The van der Waals surface area contributed by atoms with Crippen molar-refractivity contribution in [3.05, 3.63) is 78.9 Å². The predicted molar refractivity (Wildman–Crippen MR) is 109 cm³/mol. The predicted octanol–water partition coefficient (Wildman–Crippen LogP) is 4.21. The van der Waals surface area contributed by atoms with Crippen molar-refractivity contribution in [1.29, 1.82) is 0 Å². The Hall–Kier alpha value is -3.65. The fourth-order valence-corrected chi connectivity index (χ4v) is 3.75. The summed E-state index contributed by atoms with van der Waals surface area (Å²) in [5.74, 6) is 1.43. The summed E-state index contributed by atoms with van der Waals surface area (Å²) >= 11 is 0. The third-order valence-electron chi connectivity index (χ3n) is 4.21. The lowest BCUT2D eigenvalue weighted by molar-refractivity contribution is 0.414. The third-order valence-corrected chi connectivity index (χ3v) is 5.61. The molecule has 0 spiro atoms. The number of nitrogens with one attached hydrogen (secondary N) is 1. The van der Waals surface area contributed by atoms with Crippen molar-refractivity contribution in [2.75, 3.05) is 11.8 Å². The number of aromatic nitrogens is 2. The van der Waals surface area contributed by atoms with Crippen LogP contribution in [0.2, 0.25) is 0 Å². The smallest absolute Gasteiger partial charge is 0.261 e. The normalized spacial score (nSPS) is 11.2. The number of hydrogen-bond acceptors (Lipinski definition) is 6. The van der Waals surface area contributed by atoms with Crippen molar-refractivity contribution < 1.29 is 17.7 Å². The molecule has 1 aromatic heterocycles. The fourth-order valence-electron chi connectivity index (χ4n) is 2.70. The van der Waals surface area contributed by atoms with Gasteiger partial charge in [0.1, 0.15) is 5.75 Å². The van der Waals surface area contributed by atoms with E-state index in [1.807, 2.05) is 30.3 Å². The molecule has 0 unspecified atom stereocenters. The molecule has 8 heteroatoms. The first-order chi connectivity index (χ1) is 14.0. The van der Waals surface area contributed by atoms with Gasteiger partial charge in [0.2, 0.25) is 5.82 Å². The van der Waals surface area contributed by atoms with Gasteiger partial charge in [-0.3, -0.25) is 4.72 Å². The molecule has 0 atom stereocenters. The van der Waals surface area contributed by atoms with Gasteiger partial charge in [0.25, 0.3) is 15.9 Å². The summed E-state index contributed by atoms with van der Waals surface area (Å²) in [7, 11) is -2.18. The SMILES string of the molecule is COc1ccc(S(=O)(=O)Nc2ccc(-c3nc(-c4ccccc4)no3)cc2)cc1. The maximum absolute atomic E-state index is 12.5. The Bertz CT molecular complexity index is 1200. The first-order valence-electron chi connectivity index (χ1n) is 8.71. The van der Waals surface area contributed by atoms with Crippen molar-refractivity contribution in [2.24, 2.45) is 0 Å². The Morgan fingerprint density at radius 3 is 2.21 bits per heavy atom. The number of benzene rings is 3. The van der Waals surface area contributed by atoms with Crippen molar-refractivity contribution in [2.45, 2.75) is 4.90 Å². The second kappa shape index (κ2) is 7.76. The largest absolute Gasteiger partial charge is 0.497 e. The zero-order valence-corrected chi connectivity index (χ0v) is 16.3. The van der Waals surface area contributed by atoms with Crippen molar-refractivity contribution in [1.82, 2.24) is 10.1 Å². The number of hydrogen-bond donors (Lipinski definition) is 1. The standard InChI is InChI=1S/C21H17N3O4S/c1-27-18-11-13-19(14-12-18)29(25,26)24-17-9-7-16(8-10-17)21-22-20(23-28-21)15-5-3-2-4-6-15/h2-14,24H,1H3. The van der Waals surface area contributed by atoms with Gasteiger partial charge in [-0.15, -0.1) is 0 Å². The van der Waals surface area contributed by atoms with Gasteiger partial charge in [-0.05, 0) is 48.5 Å². The zero-order chi connectivity index (χ0) is 20.3. The average Bonchev–Trinajstić information content (AvgIpc) is 3.25. The molecule has 0 aliphatic rings. The lowest BCUT2D eigenvalue weighted by Gasteiger charge is -2.09. The summed E-state index contributed by atoms with van der Waals surface area (Å²) in [5, 5.41) is 3.99. The Balaban J connectivity index is 1.51. The quantitative estimate of drug-likeness (QED) is 0.514. The third kappa shape index (κ3) is 4.12. The molecule has 0 aliphatic carbocycles. The van der Waals surface area contributed by atoms with Crippen molar-refractivity contribution >= 4 is 15.7 Å². The van der Waals surface area contributed by atoms with Crippen LogP contribution in [0.15, 0.2) is 88.3 Å². The topological polar surface area (TPSA) is 94.3 Å². The molecule has 0 fully saturated rings. The molecule has 0 radical (unpaired) electrons. The Labute approximate surface area is 168 Å². The first-order valence-corrected chi connectivity index (χ1v) is 10.2. The molecule has 4 rings (SSSR count). The van der Waals surface area contributed by atoms with E-state index in [9.17, 15) is 8.42 Å². The van der Waals surface area contributed by atoms with Crippen LogP contribution in [-0.4, -0.2) is 25.7 Å². The zero-order valence-electron chi connectivity index (χ0n) is 15.4. The van der Waals surface area contributed by atoms with Gasteiger partial charge in [0.15, 0.2) is 0 Å². The van der Waals surface area contributed by atoms with Gasteiger partial charge in [-0.1, -0.05) is 35.5 Å². The number of anilines is 1. The summed E-state index contributed by atoms with van der Waals surface area (Å²) in [6.45, 7) is 0. The van der Waals surface area contributed by atoms with Crippen LogP contribution < -0.4 is 9.46 Å². The van der Waals surface area contributed by atoms with Gasteiger partial charge in [0, 0.05) is 16.8 Å². The summed E-state index contributed by atoms with van der Waals surface area (Å²) in [6, 6.07) is 22.4. The van der Waals surface area contributed by atoms with E-state index in [2.05, 4.69) is 14.9 Å². The van der Waals surface area contributed by atoms with E-state index >= 15 is 0 Å². The molecule has 0 aliphatic heterocycles. The average molecular weight is 407 g/mol. The van der Waals surface area contributed by atoms with Crippen molar-refractivity contribution in [3.8, 4) is 28.6 Å². The number of methoxy groups -OCH3 is 1. The molecule has 0 saturated carbocycles. The van der Waals surface area contributed by atoms with E-state index in [0.717, 1.165) is 5.56 Å². The molecule has 1 heterocycles. The van der Waals surface area contributed by atoms with Gasteiger partial charge in [-0.2, -0.15) is 4.98 Å². The molecule has 1 N–H and O–H groups in total. The van der Waals surface area contributed by atoms with Crippen LogP contribution in [-0.2, 0) is 10.0 Å². The molecule has 146 valence electrons. The van der Waals surface area contributed by atoms with Crippen LogP contribution in [0.5, 0.6) is 5.75 Å². The van der Waals surface area contributed by atoms with Crippen molar-refractivity contribution in [3.63, 3.8) is 0 Å². The second-order valence-corrected chi connectivity index (χ2v) is 7.83. The minimum atomic E-state index is -3.70. The molecule has 3 aromatic carbocycles. The fraction of sp³-hybridized carbons (Fsp3) is 0.0476. The van der Waals surface area contributed by atoms with E-state index < -0.39 is 10.0 Å². The molecule has 4 aromatic rings. The highest BCUT2D eigenvalue weighted by Gasteiger charge is 2.15. The van der Waals surface area contributed by atoms with Crippen LogP contribution >= 0.6 is 0 Å².